The van der Waals surface area contributed by atoms with Crippen LogP contribution < -0.4 is 10.6 Å². The molecule has 0 radical (unpaired) electrons. The van der Waals surface area contributed by atoms with Gasteiger partial charge in [0.05, 0.1) is 17.8 Å². The molecule has 4 rings (SSSR count). The van der Waals surface area contributed by atoms with Crippen molar-refractivity contribution < 1.29 is 9.59 Å². The van der Waals surface area contributed by atoms with Crippen molar-refractivity contribution in [2.24, 2.45) is 0 Å². The molecule has 0 fully saturated rings. The van der Waals surface area contributed by atoms with Gasteiger partial charge < -0.3 is 10.6 Å². The van der Waals surface area contributed by atoms with E-state index in [0.717, 1.165) is 16.3 Å². The third-order valence-electron chi connectivity index (χ3n) is 4.30. The Morgan fingerprint density at radius 2 is 2.04 bits per heavy atom. The van der Waals surface area contributed by atoms with Crippen molar-refractivity contribution in [3.63, 3.8) is 0 Å². The van der Waals surface area contributed by atoms with E-state index >= 15 is 0 Å². The lowest BCUT2D eigenvalue weighted by Crippen LogP contribution is -2.30. The topological polar surface area (TPSA) is 71.1 Å². The highest BCUT2D eigenvalue weighted by Crippen LogP contribution is 2.35. The maximum Gasteiger partial charge on any atom is 0.232 e. The number of carbonyl (C=O) groups is 2. The van der Waals surface area contributed by atoms with E-state index in [1.807, 2.05) is 24.3 Å². The molecule has 0 bridgehead atoms. The van der Waals surface area contributed by atoms with Crippen molar-refractivity contribution in [1.82, 2.24) is 4.98 Å². The second-order valence-electron chi connectivity index (χ2n) is 5.93. The number of carbonyl (C=O) groups excluding carboxylic acids is 2. The molecule has 5 nitrogen and oxygen atoms in total. The van der Waals surface area contributed by atoms with Gasteiger partial charge in [-0.25, -0.2) is 0 Å². The van der Waals surface area contributed by atoms with E-state index in [4.69, 9.17) is 11.6 Å². The highest BCUT2D eigenvalue weighted by atomic mass is 35.5. The molecule has 2 aromatic carbocycles. The first kappa shape index (κ1) is 15.6. The smallest absolute Gasteiger partial charge is 0.232 e. The second-order valence-corrected chi connectivity index (χ2v) is 6.37. The fourth-order valence-corrected chi connectivity index (χ4v) is 3.28. The molecule has 6 heteroatoms. The Hall–Kier alpha value is -2.92. The summed E-state index contributed by atoms with van der Waals surface area (Å²) < 4.78 is 0. The van der Waals surface area contributed by atoms with Gasteiger partial charge in [0.15, 0.2) is 0 Å². The predicted molar refractivity (Wildman–Crippen MR) is 97.8 cm³/mol. The Kier molecular flexibility index (Phi) is 3.86. The lowest BCUT2D eigenvalue weighted by molar-refractivity contribution is -0.123. The number of benzene rings is 2. The van der Waals surface area contributed by atoms with Crippen LogP contribution >= 0.6 is 11.6 Å². The number of aromatic nitrogens is 1. The number of amides is 2. The maximum absolute atomic E-state index is 12.9. The van der Waals surface area contributed by atoms with Crippen LogP contribution in [0.2, 0.25) is 5.02 Å². The van der Waals surface area contributed by atoms with E-state index in [-0.39, 0.29) is 18.2 Å². The average Bonchev–Trinajstić information content (AvgIpc) is 2.61. The first-order valence-electron chi connectivity index (χ1n) is 7.85. The highest BCUT2D eigenvalue weighted by molar-refractivity contribution is 6.30. The van der Waals surface area contributed by atoms with E-state index in [2.05, 4.69) is 15.6 Å². The molecule has 0 spiro atoms. The third-order valence-corrected chi connectivity index (χ3v) is 4.53. The van der Waals surface area contributed by atoms with Gasteiger partial charge in [0.2, 0.25) is 11.8 Å². The van der Waals surface area contributed by atoms with E-state index in [1.165, 1.54) is 0 Å². The minimum absolute atomic E-state index is 0.0807. The van der Waals surface area contributed by atoms with Crippen LogP contribution in [0.4, 0.5) is 11.4 Å². The molecule has 2 amide bonds. The Labute approximate surface area is 149 Å². The summed E-state index contributed by atoms with van der Waals surface area (Å²) in [5.74, 6) is -1.04. The molecule has 0 saturated heterocycles. The largest absolute Gasteiger partial charge is 0.326 e. The van der Waals surface area contributed by atoms with Crippen molar-refractivity contribution >= 4 is 45.6 Å². The van der Waals surface area contributed by atoms with Crippen LogP contribution in [0, 0.1) is 0 Å². The monoisotopic (exact) mass is 351 g/mol. The molecule has 1 unspecified atom stereocenters. The molecule has 3 aromatic rings. The lowest BCUT2D eigenvalue weighted by Gasteiger charge is -2.25. The van der Waals surface area contributed by atoms with Gasteiger partial charge in [-0.15, -0.1) is 0 Å². The molecule has 25 heavy (non-hydrogen) atoms. The fraction of sp³-hybridized carbons (Fsp3) is 0.105. The Morgan fingerprint density at radius 3 is 2.92 bits per heavy atom. The van der Waals surface area contributed by atoms with Crippen molar-refractivity contribution in [2.75, 3.05) is 10.6 Å². The molecule has 1 atom stereocenters. The number of nitrogens with zero attached hydrogens (tertiary/aromatic N) is 1. The molecular formula is C19H14ClN3O2. The minimum atomic E-state index is -0.596. The van der Waals surface area contributed by atoms with Gasteiger partial charge in [-0.2, -0.15) is 0 Å². The van der Waals surface area contributed by atoms with Gasteiger partial charge in [0, 0.05) is 34.1 Å². The van der Waals surface area contributed by atoms with Gasteiger partial charge in [0.1, 0.15) is 0 Å². The van der Waals surface area contributed by atoms with E-state index < -0.39 is 5.92 Å². The maximum atomic E-state index is 12.9. The third kappa shape index (κ3) is 2.94. The number of hydrogen-bond donors (Lipinski definition) is 2. The van der Waals surface area contributed by atoms with Crippen LogP contribution in [0.5, 0.6) is 0 Å². The number of fused-ring (bicyclic) bond motifs is 2. The summed E-state index contributed by atoms with van der Waals surface area (Å²) in [7, 11) is 0. The molecule has 0 aliphatic carbocycles. The van der Waals surface area contributed by atoms with Crippen LogP contribution in [0.3, 0.4) is 0 Å². The Balaban J connectivity index is 1.70. The zero-order chi connectivity index (χ0) is 17.4. The zero-order valence-electron chi connectivity index (χ0n) is 13.1. The van der Waals surface area contributed by atoms with E-state index in [9.17, 15) is 9.59 Å². The molecule has 124 valence electrons. The summed E-state index contributed by atoms with van der Waals surface area (Å²) in [6, 6.07) is 12.8. The number of pyridine rings is 1. The van der Waals surface area contributed by atoms with Crippen molar-refractivity contribution in [2.45, 2.75) is 12.3 Å². The van der Waals surface area contributed by atoms with Crippen molar-refractivity contribution in [3.8, 4) is 0 Å². The minimum Gasteiger partial charge on any atom is -0.326 e. The standard InChI is InChI=1S/C19H14ClN3O2/c20-12-5-6-16-14(7-12)15(8-18(24)22-16)19(25)23-17-10-21-9-11-3-1-2-4-13(11)17/h1-7,9-10,15H,8H2,(H,22,24)(H,23,25). The van der Waals surface area contributed by atoms with Crippen molar-refractivity contribution in [1.29, 1.82) is 0 Å². The molecule has 0 saturated carbocycles. The number of rotatable bonds is 2. The van der Waals surface area contributed by atoms with E-state index in [0.29, 0.717) is 16.4 Å². The zero-order valence-corrected chi connectivity index (χ0v) is 13.9. The normalized spacial score (nSPS) is 16.2. The number of halogens is 1. The molecule has 2 N–H and O–H groups in total. The Bertz CT molecular complexity index is 998. The summed E-state index contributed by atoms with van der Waals surface area (Å²) in [5, 5.41) is 8.05. The summed E-state index contributed by atoms with van der Waals surface area (Å²) in [4.78, 5) is 29.0. The van der Waals surface area contributed by atoms with Gasteiger partial charge in [-0.1, -0.05) is 35.9 Å². The lowest BCUT2D eigenvalue weighted by atomic mass is 9.89. The second kappa shape index (κ2) is 6.18. The number of anilines is 2. The molecule has 2 heterocycles. The van der Waals surface area contributed by atoms with E-state index in [1.54, 1.807) is 30.6 Å². The number of nitrogens with one attached hydrogen (secondary N) is 2. The molecule has 1 aromatic heterocycles. The van der Waals surface area contributed by atoms with Gasteiger partial charge in [0.25, 0.3) is 0 Å². The summed E-state index contributed by atoms with van der Waals surface area (Å²) in [6.45, 7) is 0. The SMILES string of the molecule is O=C1CC(C(=O)Nc2cncc3ccccc23)c2cc(Cl)ccc2N1. The Morgan fingerprint density at radius 1 is 1.20 bits per heavy atom. The first-order chi connectivity index (χ1) is 12.1. The van der Waals surface area contributed by atoms with Gasteiger partial charge >= 0.3 is 0 Å². The molecular weight excluding hydrogens is 338 g/mol. The van der Waals surface area contributed by atoms with Crippen LogP contribution in [-0.4, -0.2) is 16.8 Å². The van der Waals surface area contributed by atoms with Crippen LogP contribution in [-0.2, 0) is 9.59 Å². The van der Waals surface area contributed by atoms with Crippen LogP contribution in [0.1, 0.15) is 17.9 Å². The summed E-state index contributed by atoms with van der Waals surface area (Å²) >= 11 is 6.07. The average molecular weight is 352 g/mol. The quantitative estimate of drug-likeness (QED) is 0.734. The summed E-state index contributed by atoms with van der Waals surface area (Å²) in [6.07, 6.45) is 3.44. The first-order valence-corrected chi connectivity index (χ1v) is 8.22. The van der Waals surface area contributed by atoms with Gasteiger partial charge in [-0.3, -0.25) is 14.6 Å². The molecule has 1 aliphatic heterocycles. The molecule has 1 aliphatic rings. The summed E-state index contributed by atoms with van der Waals surface area (Å²) in [5.41, 5.74) is 1.97. The fourth-order valence-electron chi connectivity index (χ4n) is 3.10. The highest BCUT2D eigenvalue weighted by Gasteiger charge is 2.31. The van der Waals surface area contributed by atoms with Crippen LogP contribution in [0.15, 0.2) is 54.9 Å². The number of hydrogen-bond acceptors (Lipinski definition) is 3. The van der Waals surface area contributed by atoms with Gasteiger partial charge in [-0.05, 0) is 23.8 Å². The van der Waals surface area contributed by atoms with Crippen LogP contribution in [0.25, 0.3) is 10.8 Å². The predicted octanol–water partition coefficient (Wildman–Crippen LogP) is 3.95. The van der Waals surface area contributed by atoms with Crippen molar-refractivity contribution in [3.05, 3.63) is 65.4 Å².